The summed E-state index contributed by atoms with van der Waals surface area (Å²) in [6.45, 7) is 10.6. The molecule has 0 saturated heterocycles. The molecule has 0 aromatic heterocycles. The molecule has 0 saturated carbocycles. The number of nitriles is 1. The van der Waals surface area contributed by atoms with Gasteiger partial charge in [0.1, 0.15) is 0 Å². The van der Waals surface area contributed by atoms with Gasteiger partial charge in [0.05, 0.1) is 6.07 Å². The first-order valence-corrected chi connectivity index (χ1v) is 9.41. The van der Waals surface area contributed by atoms with Gasteiger partial charge in [-0.15, -0.1) is 0 Å². The van der Waals surface area contributed by atoms with Crippen molar-refractivity contribution in [1.82, 2.24) is 0 Å². The number of hydrogen-bond donors (Lipinski definition) is 0. The second kappa shape index (κ2) is 5.48. The smallest absolute Gasteiger partial charge is 0.186 e. The maximum atomic E-state index is 9.17. The lowest BCUT2D eigenvalue weighted by molar-refractivity contribution is 0.255. The zero-order valence-corrected chi connectivity index (χ0v) is 12.3. The highest BCUT2D eigenvalue weighted by Gasteiger charge is 2.22. The second-order valence-corrected chi connectivity index (χ2v) is 10.0. The van der Waals surface area contributed by atoms with Gasteiger partial charge in [-0.25, -0.2) is 0 Å². The Balaban J connectivity index is 2.87. The van der Waals surface area contributed by atoms with Crippen LogP contribution < -0.4 is 0 Å². The maximum absolute atomic E-state index is 9.17. The Hall–Kier alpha value is -1.11. The van der Waals surface area contributed by atoms with Crippen molar-refractivity contribution < 1.29 is 4.43 Å². The molecule has 2 nitrogen and oxygen atoms in total. The molecule has 0 amide bonds. The van der Waals surface area contributed by atoms with Crippen molar-refractivity contribution in [3.8, 4) is 6.07 Å². The summed E-state index contributed by atoms with van der Waals surface area (Å²) in [5.74, 6) is 0.516. The van der Waals surface area contributed by atoms with Gasteiger partial charge in [0.15, 0.2) is 14.4 Å². The van der Waals surface area contributed by atoms with Crippen LogP contribution in [0.1, 0.15) is 37.0 Å². The quantitative estimate of drug-likeness (QED) is 0.746. The summed E-state index contributed by atoms with van der Waals surface area (Å²) in [6.07, 6.45) is -0.428. The highest BCUT2D eigenvalue weighted by Crippen LogP contribution is 2.23. The van der Waals surface area contributed by atoms with E-state index in [1.54, 1.807) is 0 Å². The standard InChI is InChI=1S/C14H21NOSi/c1-11(2)12-6-8-13(9-7-12)14(10-15)16-17(3,4)5/h6-9,11,14H,1-5H3/t14-/m0/s1. The van der Waals surface area contributed by atoms with Gasteiger partial charge in [0, 0.05) is 0 Å². The lowest BCUT2D eigenvalue weighted by atomic mass is 10.0. The SMILES string of the molecule is CC(C)c1ccc([C@H](C#N)O[Si](C)(C)C)cc1. The molecule has 0 N–H and O–H groups in total. The fourth-order valence-corrected chi connectivity index (χ4v) is 2.47. The molecular formula is C14H21NOSi. The summed E-state index contributed by atoms with van der Waals surface area (Å²) in [5, 5.41) is 9.17. The minimum absolute atomic E-state index is 0.428. The minimum atomic E-state index is -1.68. The van der Waals surface area contributed by atoms with E-state index in [9.17, 15) is 0 Å². The molecule has 1 rings (SSSR count). The third-order valence-corrected chi connectivity index (χ3v) is 3.44. The van der Waals surface area contributed by atoms with Crippen molar-refractivity contribution in [3.05, 3.63) is 35.4 Å². The van der Waals surface area contributed by atoms with Gasteiger partial charge in [-0.3, -0.25) is 0 Å². The molecule has 1 atom stereocenters. The first-order valence-electron chi connectivity index (χ1n) is 6.01. The van der Waals surface area contributed by atoms with E-state index in [0.717, 1.165) is 5.56 Å². The molecule has 0 aliphatic heterocycles. The van der Waals surface area contributed by atoms with E-state index in [4.69, 9.17) is 9.69 Å². The minimum Gasteiger partial charge on any atom is -0.399 e. The molecule has 1 aromatic rings. The predicted molar refractivity (Wildman–Crippen MR) is 73.3 cm³/mol. The summed E-state index contributed by atoms with van der Waals surface area (Å²) in [7, 11) is -1.68. The number of rotatable bonds is 4. The molecule has 0 bridgehead atoms. The first-order chi connectivity index (χ1) is 7.83. The van der Waals surface area contributed by atoms with Crippen molar-refractivity contribution in [2.45, 2.75) is 45.5 Å². The average molecular weight is 247 g/mol. The van der Waals surface area contributed by atoms with Crippen LogP contribution >= 0.6 is 0 Å². The molecule has 92 valence electrons. The summed E-state index contributed by atoms with van der Waals surface area (Å²) in [4.78, 5) is 0. The first kappa shape index (κ1) is 13.9. The maximum Gasteiger partial charge on any atom is 0.186 e. The van der Waals surface area contributed by atoms with Gasteiger partial charge in [0.2, 0.25) is 0 Å². The highest BCUT2D eigenvalue weighted by molar-refractivity contribution is 6.69. The number of hydrogen-bond acceptors (Lipinski definition) is 2. The lowest BCUT2D eigenvalue weighted by Crippen LogP contribution is -2.27. The molecule has 0 aliphatic carbocycles. The summed E-state index contributed by atoms with van der Waals surface area (Å²) >= 11 is 0. The van der Waals surface area contributed by atoms with E-state index in [0.29, 0.717) is 5.92 Å². The van der Waals surface area contributed by atoms with Gasteiger partial charge in [-0.05, 0) is 36.7 Å². The molecule has 0 unspecified atom stereocenters. The largest absolute Gasteiger partial charge is 0.399 e. The van der Waals surface area contributed by atoms with Crippen LogP contribution in [0.25, 0.3) is 0 Å². The van der Waals surface area contributed by atoms with E-state index < -0.39 is 14.4 Å². The van der Waals surface area contributed by atoms with Gasteiger partial charge < -0.3 is 4.43 Å². The van der Waals surface area contributed by atoms with Gasteiger partial charge in [-0.2, -0.15) is 5.26 Å². The van der Waals surface area contributed by atoms with E-state index >= 15 is 0 Å². The van der Waals surface area contributed by atoms with Crippen molar-refractivity contribution in [2.24, 2.45) is 0 Å². The third-order valence-electron chi connectivity index (χ3n) is 2.49. The van der Waals surface area contributed by atoms with Crippen LogP contribution in [0.15, 0.2) is 24.3 Å². The average Bonchev–Trinajstić information content (AvgIpc) is 2.25. The molecule has 1 aromatic carbocycles. The van der Waals surface area contributed by atoms with Crippen molar-refractivity contribution >= 4 is 8.32 Å². The fraction of sp³-hybridized carbons (Fsp3) is 0.500. The normalized spacial score (nSPS) is 13.5. The van der Waals surface area contributed by atoms with E-state index in [1.165, 1.54) is 5.56 Å². The molecule has 0 radical (unpaired) electrons. The van der Waals surface area contributed by atoms with Crippen LogP contribution in [0.3, 0.4) is 0 Å². The van der Waals surface area contributed by atoms with Gasteiger partial charge in [0.25, 0.3) is 0 Å². The Morgan fingerprint density at radius 2 is 1.53 bits per heavy atom. The number of nitrogens with zero attached hydrogens (tertiary/aromatic N) is 1. The molecular weight excluding hydrogens is 226 g/mol. The zero-order valence-electron chi connectivity index (χ0n) is 11.3. The van der Waals surface area contributed by atoms with Gasteiger partial charge in [-0.1, -0.05) is 38.1 Å². The highest BCUT2D eigenvalue weighted by atomic mass is 28.4. The van der Waals surface area contributed by atoms with Crippen LogP contribution in [0.2, 0.25) is 19.6 Å². The fourth-order valence-electron chi connectivity index (χ4n) is 1.58. The van der Waals surface area contributed by atoms with Crippen LogP contribution in [0.5, 0.6) is 0 Å². The summed E-state index contributed by atoms with van der Waals surface area (Å²) < 4.78 is 5.85. The number of benzene rings is 1. The zero-order chi connectivity index (χ0) is 13.1. The van der Waals surface area contributed by atoms with Crippen molar-refractivity contribution in [3.63, 3.8) is 0 Å². The van der Waals surface area contributed by atoms with Crippen LogP contribution in [-0.4, -0.2) is 8.32 Å². The van der Waals surface area contributed by atoms with E-state index in [1.807, 2.05) is 12.1 Å². The van der Waals surface area contributed by atoms with Crippen LogP contribution in [0.4, 0.5) is 0 Å². The van der Waals surface area contributed by atoms with E-state index in [2.05, 4.69) is 51.7 Å². The Morgan fingerprint density at radius 1 is 1.06 bits per heavy atom. The van der Waals surface area contributed by atoms with E-state index in [-0.39, 0.29) is 0 Å². The Labute approximate surface area is 105 Å². The molecule has 0 heterocycles. The van der Waals surface area contributed by atoms with Crippen LogP contribution in [-0.2, 0) is 4.43 Å². The molecule has 0 fully saturated rings. The Kier molecular flexibility index (Phi) is 4.50. The van der Waals surface area contributed by atoms with Gasteiger partial charge >= 0.3 is 0 Å². The monoisotopic (exact) mass is 247 g/mol. The Bertz CT molecular complexity index is 398. The van der Waals surface area contributed by atoms with Crippen molar-refractivity contribution in [1.29, 1.82) is 5.26 Å². The summed E-state index contributed by atoms with van der Waals surface area (Å²) in [6, 6.07) is 10.4. The molecule has 0 aliphatic rings. The predicted octanol–water partition coefficient (Wildman–Crippen LogP) is 4.23. The third kappa shape index (κ3) is 4.33. The summed E-state index contributed by atoms with van der Waals surface area (Å²) in [5.41, 5.74) is 2.25. The molecule has 17 heavy (non-hydrogen) atoms. The molecule has 0 spiro atoms. The topological polar surface area (TPSA) is 33.0 Å². The van der Waals surface area contributed by atoms with Crippen LogP contribution in [0, 0.1) is 11.3 Å². The lowest BCUT2D eigenvalue weighted by Gasteiger charge is -2.22. The van der Waals surface area contributed by atoms with Crippen molar-refractivity contribution in [2.75, 3.05) is 0 Å². The molecule has 3 heteroatoms. The second-order valence-electron chi connectivity index (χ2n) is 5.56. The Morgan fingerprint density at radius 3 is 1.88 bits per heavy atom.